The van der Waals surface area contributed by atoms with Crippen molar-refractivity contribution in [2.45, 2.75) is 11.0 Å². The molecule has 0 amide bonds. The van der Waals surface area contributed by atoms with Crippen molar-refractivity contribution < 1.29 is 0 Å². The van der Waals surface area contributed by atoms with Gasteiger partial charge in [0, 0.05) is 0 Å². The van der Waals surface area contributed by atoms with E-state index >= 15 is 0 Å². The fourth-order valence-electron chi connectivity index (χ4n) is 0. The molecule has 0 aliphatic carbocycles. The molecule has 4 heavy (non-hydrogen) atoms. The first kappa shape index (κ1) is 4.89. The Morgan fingerprint density at radius 3 is 2.00 bits per heavy atom. The molecule has 0 fully saturated rings. The summed E-state index contributed by atoms with van der Waals surface area (Å²) in [6.07, 6.45) is 0. The average Bonchev–Trinajstić information content (AvgIpc) is 0.811. The number of hydrogen-bond acceptors (Lipinski definition) is 0. The van der Waals surface area contributed by atoms with Crippen LogP contribution in [-0.2, 0) is 0 Å². The number of alkyl halides is 1. The summed E-state index contributed by atoms with van der Waals surface area (Å²) in [5.41, 5.74) is 0. The van der Waals surface area contributed by atoms with E-state index in [2.05, 4.69) is 0 Å². The minimum atomic E-state index is 0.306. The number of halogens is 1. The van der Waals surface area contributed by atoms with Gasteiger partial charge < -0.3 is 0 Å². The Balaban J connectivity index is 2.32. The van der Waals surface area contributed by atoms with Gasteiger partial charge in [-0.1, -0.05) is 0 Å². The van der Waals surface area contributed by atoms with Crippen LogP contribution in [0.3, 0.4) is 0 Å². The van der Waals surface area contributed by atoms with Gasteiger partial charge in [-0.25, -0.2) is 0 Å². The van der Waals surface area contributed by atoms with E-state index in [0.717, 1.165) is 0 Å². The molecule has 0 nitrogen and oxygen atoms in total. The van der Waals surface area contributed by atoms with Crippen LogP contribution in [0.25, 0.3) is 0 Å². The Labute approximate surface area is 40.7 Å². The summed E-state index contributed by atoms with van der Waals surface area (Å²) in [6.45, 7) is 1.93. The second kappa shape index (κ2) is 2.14. The molecule has 0 radical (unpaired) electrons. The van der Waals surface area contributed by atoms with E-state index in [1.54, 1.807) is 0 Å². The van der Waals surface area contributed by atoms with Gasteiger partial charge in [0.2, 0.25) is 0 Å². The van der Waals surface area contributed by atoms with Crippen LogP contribution in [0.1, 0.15) is 6.92 Å². The Kier molecular flexibility index (Phi) is 2.62. The van der Waals surface area contributed by atoms with Crippen LogP contribution in [0.4, 0.5) is 0 Å². The normalized spacial score (nSPS) is 16.0. The van der Waals surface area contributed by atoms with E-state index in [1.165, 1.54) is 0 Å². The molecule has 0 aromatic rings. The predicted octanol–water partition coefficient (Wildman–Crippen LogP) is 0.740. The molecule has 0 aromatic carbocycles. The number of rotatable bonds is 0. The second-order valence-corrected chi connectivity index (χ2v) is 1.89. The first-order chi connectivity index (χ1) is 1.73. The van der Waals surface area contributed by atoms with Gasteiger partial charge >= 0.3 is 40.3 Å². The molecule has 0 rings (SSSR count). The van der Waals surface area contributed by atoms with Gasteiger partial charge in [-0.3, -0.25) is 0 Å². The Morgan fingerprint density at radius 2 is 2.00 bits per heavy atom. The van der Waals surface area contributed by atoms with E-state index in [4.69, 9.17) is 11.6 Å². The van der Waals surface area contributed by atoms with Crippen LogP contribution in [-0.4, -0.2) is 21.8 Å². The molecule has 20 valence electrons. The first-order valence-electron chi connectivity index (χ1n) is 1.37. The average molecular weight is 70.4 g/mol. The molecule has 0 heterocycles. The molecule has 0 aliphatic rings. The standard InChI is InChI=1S/C2H4Cl.Li/c1-2-3;/h2H,1H3;. The molecule has 0 spiro atoms. The SMILES string of the molecule is [Li][CH](C)Cl. The van der Waals surface area contributed by atoms with Crippen LogP contribution in [0, 0.1) is 0 Å². The topological polar surface area (TPSA) is 0 Å². The van der Waals surface area contributed by atoms with Gasteiger partial charge in [-0.05, 0) is 0 Å². The van der Waals surface area contributed by atoms with E-state index in [9.17, 15) is 0 Å². The summed E-state index contributed by atoms with van der Waals surface area (Å²) in [5.74, 6) is 0. The van der Waals surface area contributed by atoms with Crippen molar-refractivity contribution in [3.05, 3.63) is 0 Å². The molecule has 0 aromatic heterocycles. The quantitative estimate of drug-likeness (QED) is 0.291. The summed E-state index contributed by atoms with van der Waals surface area (Å²) >= 11 is 7.21. The molecule has 0 bridgehead atoms. The maximum absolute atomic E-state index is 5.27. The van der Waals surface area contributed by atoms with Crippen molar-refractivity contribution in [2.75, 3.05) is 0 Å². The van der Waals surface area contributed by atoms with Crippen molar-refractivity contribution in [2.24, 2.45) is 0 Å². The van der Waals surface area contributed by atoms with Gasteiger partial charge in [0.15, 0.2) is 0 Å². The van der Waals surface area contributed by atoms with Crippen LogP contribution >= 0.6 is 11.6 Å². The van der Waals surface area contributed by atoms with Gasteiger partial charge in [0.25, 0.3) is 0 Å². The molecule has 0 aliphatic heterocycles. The zero-order valence-corrected chi connectivity index (χ0v) is 3.71. The molecule has 2 heteroatoms. The minimum absolute atomic E-state index is 0.306. The fourth-order valence-corrected chi connectivity index (χ4v) is 0. The zero-order chi connectivity index (χ0) is 3.58. The van der Waals surface area contributed by atoms with Gasteiger partial charge in [-0.15, -0.1) is 0 Å². The molecule has 0 N–H and O–H groups in total. The van der Waals surface area contributed by atoms with Crippen molar-refractivity contribution in [3.63, 3.8) is 0 Å². The third kappa shape index (κ3) is 13.1. The molecule has 1 unspecified atom stereocenters. The number of hydrogen-bond donors (Lipinski definition) is 0. The van der Waals surface area contributed by atoms with Crippen molar-refractivity contribution in [3.8, 4) is 0 Å². The fraction of sp³-hybridized carbons (Fsp3) is 1.00. The summed E-state index contributed by atoms with van der Waals surface area (Å²) in [4.78, 5) is 0. The van der Waals surface area contributed by atoms with Crippen LogP contribution in [0.2, 0.25) is 0 Å². The van der Waals surface area contributed by atoms with Crippen LogP contribution in [0.5, 0.6) is 0 Å². The summed E-state index contributed by atoms with van der Waals surface area (Å²) in [7, 11) is 0. The van der Waals surface area contributed by atoms with E-state index < -0.39 is 0 Å². The first-order valence-corrected chi connectivity index (χ1v) is 1.81. The monoisotopic (exact) mass is 70.0 g/mol. The molecule has 0 saturated carbocycles. The van der Waals surface area contributed by atoms with E-state index in [-0.39, 0.29) is 0 Å². The van der Waals surface area contributed by atoms with Gasteiger partial charge in [-0.2, -0.15) is 0 Å². The van der Waals surface area contributed by atoms with Crippen molar-refractivity contribution >= 4 is 29.3 Å². The second-order valence-electron chi connectivity index (χ2n) is 1.01. The van der Waals surface area contributed by atoms with Gasteiger partial charge in [0.05, 0.1) is 0 Å². The van der Waals surface area contributed by atoms with Crippen molar-refractivity contribution in [1.29, 1.82) is 0 Å². The Bertz CT molecular complexity index is 10.8. The third-order valence-electron chi connectivity index (χ3n) is 0. The zero-order valence-electron chi connectivity index (χ0n) is 2.96. The predicted molar refractivity (Wildman–Crippen MR) is 21.1 cm³/mol. The van der Waals surface area contributed by atoms with Crippen LogP contribution < -0.4 is 0 Å². The van der Waals surface area contributed by atoms with Crippen molar-refractivity contribution in [1.82, 2.24) is 0 Å². The summed E-state index contributed by atoms with van der Waals surface area (Å²) in [5, 5.41) is 0. The van der Waals surface area contributed by atoms with Gasteiger partial charge in [0.1, 0.15) is 0 Å². The molecule has 1 atom stereocenters. The van der Waals surface area contributed by atoms with E-state index in [0.29, 0.717) is 4.05 Å². The third-order valence-corrected chi connectivity index (χ3v) is 0. The maximum atomic E-state index is 5.27. The summed E-state index contributed by atoms with van der Waals surface area (Å²) in [6, 6.07) is 0. The van der Waals surface area contributed by atoms with Crippen LogP contribution in [0.15, 0.2) is 0 Å². The Morgan fingerprint density at radius 1 is 2.00 bits per heavy atom. The molecular formula is C2H4ClLi. The molecule has 0 saturated heterocycles. The summed E-state index contributed by atoms with van der Waals surface area (Å²) < 4.78 is 0.306. The molecular weight excluding hydrogens is 66.4 g/mol. The Hall–Kier alpha value is 0.887. The van der Waals surface area contributed by atoms with E-state index in [1.807, 2.05) is 24.6 Å².